The lowest BCUT2D eigenvalue weighted by Gasteiger charge is -2.26. The van der Waals surface area contributed by atoms with Crippen molar-refractivity contribution >= 4 is 18.1 Å². The van der Waals surface area contributed by atoms with Crippen LogP contribution in [-0.2, 0) is 9.59 Å². The van der Waals surface area contributed by atoms with E-state index in [9.17, 15) is 19.8 Å². The van der Waals surface area contributed by atoms with E-state index in [4.69, 9.17) is 0 Å². The van der Waals surface area contributed by atoms with Crippen molar-refractivity contribution in [3.05, 3.63) is 59.7 Å². The number of phenolic OH excluding ortho intramolecular Hbond substituents is 1. The first kappa shape index (κ1) is 14.6. The molecule has 0 fully saturated rings. The molecule has 0 aliphatic carbocycles. The van der Waals surface area contributed by atoms with Gasteiger partial charge in [-0.15, -0.1) is 0 Å². The molecule has 0 radical (unpaired) electrons. The van der Waals surface area contributed by atoms with E-state index in [0.29, 0.717) is 12.0 Å². The molecule has 1 amide bonds. The Morgan fingerprint density at radius 1 is 1.19 bits per heavy atom. The molecule has 0 saturated carbocycles. The highest BCUT2D eigenvalue weighted by Crippen LogP contribution is 2.33. The molecule has 1 unspecified atom stereocenters. The molecule has 2 aromatic carbocycles. The molecule has 108 valence electrons. The Morgan fingerprint density at radius 2 is 1.86 bits per heavy atom. The van der Waals surface area contributed by atoms with Gasteiger partial charge in [-0.2, -0.15) is 0 Å². The number of carboxylic acid groups (broad SMARTS) is 1. The lowest BCUT2D eigenvalue weighted by atomic mass is 10.0. The van der Waals surface area contributed by atoms with Crippen LogP contribution in [0.25, 0.3) is 0 Å². The highest BCUT2D eigenvalue weighted by molar-refractivity contribution is 5.90. The van der Waals surface area contributed by atoms with E-state index in [-0.39, 0.29) is 11.4 Å². The Balaban J connectivity index is 2.53. The van der Waals surface area contributed by atoms with Crippen LogP contribution in [0.1, 0.15) is 17.2 Å². The van der Waals surface area contributed by atoms with Crippen molar-refractivity contribution < 1.29 is 19.8 Å². The molecule has 2 N–H and O–H groups in total. The minimum Gasteiger partial charge on any atom is -0.506 e. The van der Waals surface area contributed by atoms with E-state index < -0.39 is 12.0 Å². The minimum atomic E-state index is -1.20. The maximum atomic E-state index is 11.6. The number of amides is 1. The number of phenols is 1. The number of aryl methyl sites for hydroxylation is 1. The van der Waals surface area contributed by atoms with Gasteiger partial charge in [-0.3, -0.25) is 9.69 Å². The van der Waals surface area contributed by atoms with E-state index in [1.165, 1.54) is 6.07 Å². The second-order valence-electron chi connectivity index (χ2n) is 4.66. The predicted molar refractivity (Wildman–Crippen MR) is 78.2 cm³/mol. The molecule has 0 saturated heterocycles. The lowest BCUT2D eigenvalue weighted by Crippen LogP contribution is -2.33. The van der Waals surface area contributed by atoms with Gasteiger partial charge in [-0.1, -0.05) is 36.4 Å². The van der Waals surface area contributed by atoms with Gasteiger partial charge < -0.3 is 10.2 Å². The van der Waals surface area contributed by atoms with Gasteiger partial charge in [0.25, 0.3) is 0 Å². The number of benzene rings is 2. The van der Waals surface area contributed by atoms with Crippen molar-refractivity contribution in [2.24, 2.45) is 0 Å². The number of anilines is 1. The fourth-order valence-corrected chi connectivity index (χ4v) is 2.15. The van der Waals surface area contributed by atoms with Crippen LogP contribution < -0.4 is 4.90 Å². The van der Waals surface area contributed by atoms with Gasteiger partial charge in [0.15, 0.2) is 6.04 Å². The second kappa shape index (κ2) is 6.09. The molecule has 0 aliphatic rings. The van der Waals surface area contributed by atoms with Crippen molar-refractivity contribution in [2.75, 3.05) is 4.90 Å². The van der Waals surface area contributed by atoms with Gasteiger partial charge in [-0.05, 0) is 30.2 Å². The summed E-state index contributed by atoms with van der Waals surface area (Å²) in [6.07, 6.45) is 0.417. The first-order valence-corrected chi connectivity index (χ1v) is 6.35. The molecule has 5 nitrogen and oxygen atoms in total. The predicted octanol–water partition coefficient (Wildman–Crippen LogP) is 2.49. The maximum Gasteiger partial charge on any atom is 0.331 e. The number of carboxylic acids is 1. The summed E-state index contributed by atoms with van der Waals surface area (Å²) in [5.41, 5.74) is 1.44. The highest BCUT2D eigenvalue weighted by atomic mass is 16.4. The normalized spacial score (nSPS) is 11.7. The number of nitrogens with zero attached hydrogens (tertiary/aromatic N) is 1. The average molecular weight is 285 g/mol. The molecular formula is C16H15NO4. The summed E-state index contributed by atoms with van der Waals surface area (Å²) in [6.45, 7) is 1.80. The van der Waals surface area contributed by atoms with Gasteiger partial charge in [0.1, 0.15) is 5.75 Å². The van der Waals surface area contributed by atoms with Crippen molar-refractivity contribution in [2.45, 2.75) is 13.0 Å². The first-order chi connectivity index (χ1) is 10.0. The average Bonchev–Trinajstić information content (AvgIpc) is 2.48. The van der Waals surface area contributed by atoms with E-state index >= 15 is 0 Å². The van der Waals surface area contributed by atoms with E-state index in [1.807, 2.05) is 0 Å². The third kappa shape index (κ3) is 3.02. The summed E-state index contributed by atoms with van der Waals surface area (Å²) >= 11 is 0. The quantitative estimate of drug-likeness (QED) is 0.827. The number of hydrogen-bond acceptors (Lipinski definition) is 3. The number of rotatable bonds is 5. The molecule has 1 atom stereocenters. The van der Waals surface area contributed by atoms with Crippen LogP contribution >= 0.6 is 0 Å². The SMILES string of the molecule is Cc1ccc(O)c(N(C=O)C(C(=O)O)c2ccccc2)c1. The fourth-order valence-electron chi connectivity index (χ4n) is 2.15. The van der Waals surface area contributed by atoms with Crippen LogP contribution in [0.4, 0.5) is 5.69 Å². The zero-order valence-corrected chi connectivity index (χ0v) is 11.4. The number of aromatic hydroxyl groups is 1. The van der Waals surface area contributed by atoms with Crippen molar-refractivity contribution in [1.29, 1.82) is 0 Å². The second-order valence-corrected chi connectivity index (χ2v) is 4.66. The smallest absolute Gasteiger partial charge is 0.331 e. The third-order valence-corrected chi connectivity index (χ3v) is 3.15. The Kier molecular flexibility index (Phi) is 4.23. The molecular weight excluding hydrogens is 270 g/mol. The van der Waals surface area contributed by atoms with Crippen molar-refractivity contribution in [1.82, 2.24) is 0 Å². The highest BCUT2D eigenvalue weighted by Gasteiger charge is 2.29. The number of carbonyl (C=O) groups excluding carboxylic acids is 1. The zero-order chi connectivity index (χ0) is 15.4. The molecule has 2 aromatic rings. The van der Waals surface area contributed by atoms with Crippen LogP contribution in [0.5, 0.6) is 5.75 Å². The minimum absolute atomic E-state index is 0.144. The molecule has 0 spiro atoms. The summed E-state index contributed by atoms with van der Waals surface area (Å²) in [5, 5.41) is 19.4. The van der Waals surface area contributed by atoms with Crippen LogP contribution in [0.2, 0.25) is 0 Å². The summed E-state index contributed by atoms with van der Waals surface area (Å²) in [5.74, 6) is -1.32. The fraction of sp³-hybridized carbons (Fsp3) is 0.125. The maximum absolute atomic E-state index is 11.6. The van der Waals surface area contributed by atoms with Crippen LogP contribution in [0, 0.1) is 6.92 Å². The van der Waals surface area contributed by atoms with Crippen molar-refractivity contribution in [3.8, 4) is 5.75 Å². The molecule has 0 heterocycles. The van der Waals surface area contributed by atoms with Crippen LogP contribution in [0.15, 0.2) is 48.5 Å². The Hall–Kier alpha value is -2.82. The number of aliphatic carboxylic acids is 1. The van der Waals surface area contributed by atoms with E-state index in [1.54, 1.807) is 49.4 Å². The van der Waals surface area contributed by atoms with Crippen molar-refractivity contribution in [3.63, 3.8) is 0 Å². The number of carbonyl (C=O) groups is 2. The summed E-state index contributed by atoms with van der Waals surface area (Å²) in [7, 11) is 0. The van der Waals surface area contributed by atoms with Gasteiger partial charge in [-0.25, -0.2) is 4.79 Å². The van der Waals surface area contributed by atoms with E-state index in [2.05, 4.69) is 0 Å². The van der Waals surface area contributed by atoms with Gasteiger partial charge in [0.2, 0.25) is 6.41 Å². The van der Waals surface area contributed by atoms with E-state index in [0.717, 1.165) is 10.5 Å². The largest absolute Gasteiger partial charge is 0.506 e. The van der Waals surface area contributed by atoms with Gasteiger partial charge in [0.05, 0.1) is 5.69 Å². The summed E-state index contributed by atoms with van der Waals surface area (Å²) in [6, 6.07) is 11.9. The molecule has 0 bridgehead atoms. The summed E-state index contributed by atoms with van der Waals surface area (Å²) in [4.78, 5) is 24.0. The molecule has 0 aliphatic heterocycles. The summed E-state index contributed by atoms with van der Waals surface area (Å²) < 4.78 is 0. The topological polar surface area (TPSA) is 77.8 Å². The zero-order valence-electron chi connectivity index (χ0n) is 11.4. The number of hydrogen-bond donors (Lipinski definition) is 2. The molecule has 2 rings (SSSR count). The van der Waals surface area contributed by atoms with Gasteiger partial charge >= 0.3 is 5.97 Å². The third-order valence-electron chi connectivity index (χ3n) is 3.15. The standard InChI is InChI=1S/C16H15NO4/c1-11-7-8-14(19)13(9-11)17(10-18)15(16(20)21)12-5-3-2-4-6-12/h2-10,15,19H,1H3,(H,20,21). The van der Waals surface area contributed by atoms with Crippen LogP contribution in [-0.4, -0.2) is 22.6 Å². The lowest BCUT2D eigenvalue weighted by molar-refractivity contribution is -0.139. The monoisotopic (exact) mass is 285 g/mol. The molecule has 5 heteroatoms. The van der Waals surface area contributed by atoms with Crippen LogP contribution in [0.3, 0.4) is 0 Å². The Morgan fingerprint density at radius 3 is 2.43 bits per heavy atom. The van der Waals surface area contributed by atoms with Gasteiger partial charge in [0, 0.05) is 0 Å². The molecule has 21 heavy (non-hydrogen) atoms. The Labute approximate surface area is 122 Å². The molecule has 0 aromatic heterocycles. The Bertz CT molecular complexity index is 655. The first-order valence-electron chi connectivity index (χ1n) is 6.35.